The van der Waals surface area contributed by atoms with Gasteiger partial charge in [0.05, 0.1) is 0 Å². The highest BCUT2D eigenvalue weighted by atomic mass is 16.3. The molecule has 1 aliphatic heterocycles. The van der Waals surface area contributed by atoms with E-state index in [1.165, 1.54) is 38.8 Å². The number of nitrogens with zero attached hydrogens (tertiary/aromatic N) is 1. The minimum absolute atomic E-state index is 0.914. The molecule has 0 unspecified atom stereocenters. The van der Waals surface area contributed by atoms with Crippen LogP contribution in [0.25, 0.3) is 11.0 Å². The van der Waals surface area contributed by atoms with Crippen molar-refractivity contribution in [3.05, 3.63) is 30.3 Å². The third-order valence-corrected chi connectivity index (χ3v) is 3.86. The number of aromatic nitrogens is 1. The summed E-state index contributed by atoms with van der Waals surface area (Å²) in [7, 11) is 0. The predicted octanol–water partition coefficient (Wildman–Crippen LogP) is 3.15. The summed E-state index contributed by atoms with van der Waals surface area (Å²) in [5, 5.41) is 4.53. The van der Waals surface area contributed by atoms with Gasteiger partial charge in [0.2, 0.25) is 0 Å². The third-order valence-electron chi connectivity index (χ3n) is 3.86. The number of rotatable bonds is 4. The Kier molecular flexibility index (Phi) is 3.60. The molecule has 96 valence electrons. The van der Waals surface area contributed by atoms with Gasteiger partial charge in [-0.1, -0.05) is 0 Å². The van der Waals surface area contributed by atoms with E-state index in [1.54, 1.807) is 6.20 Å². The van der Waals surface area contributed by atoms with E-state index in [1.807, 2.05) is 12.3 Å². The predicted molar refractivity (Wildman–Crippen MR) is 72.5 cm³/mol. The summed E-state index contributed by atoms with van der Waals surface area (Å²) < 4.78 is 5.81. The van der Waals surface area contributed by atoms with Gasteiger partial charge < -0.3 is 9.73 Å². The quantitative estimate of drug-likeness (QED) is 0.897. The first-order chi connectivity index (χ1) is 8.92. The molecule has 3 nitrogen and oxygen atoms in total. The molecule has 3 heterocycles. The molecule has 2 aromatic heterocycles. The summed E-state index contributed by atoms with van der Waals surface area (Å²) >= 11 is 0. The highest BCUT2D eigenvalue weighted by Gasteiger charge is 2.12. The van der Waals surface area contributed by atoms with Crippen molar-refractivity contribution >= 4 is 11.0 Å². The van der Waals surface area contributed by atoms with E-state index in [4.69, 9.17) is 4.42 Å². The largest absolute Gasteiger partial charge is 0.461 e. The van der Waals surface area contributed by atoms with Crippen LogP contribution in [0.2, 0.25) is 0 Å². The fourth-order valence-corrected chi connectivity index (χ4v) is 2.80. The topological polar surface area (TPSA) is 38.1 Å². The van der Waals surface area contributed by atoms with Crippen molar-refractivity contribution in [2.45, 2.75) is 32.1 Å². The summed E-state index contributed by atoms with van der Waals surface area (Å²) in [4.78, 5) is 4.11. The molecule has 2 aromatic rings. The SMILES string of the molecule is c1cc2oc(CCCC3CCNCC3)cc2cn1. The second-order valence-corrected chi connectivity index (χ2v) is 5.21. The van der Waals surface area contributed by atoms with Crippen LogP contribution in [0.1, 0.15) is 31.4 Å². The Bertz CT molecular complexity index is 467. The number of hydrogen-bond acceptors (Lipinski definition) is 3. The first-order valence-electron chi connectivity index (χ1n) is 6.95. The summed E-state index contributed by atoms with van der Waals surface area (Å²) in [6.07, 6.45) is 9.95. The molecule has 3 rings (SSSR count). The van der Waals surface area contributed by atoms with Crippen molar-refractivity contribution in [1.82, 2.24) is 10.3 Å². The van der Waals surface area contributed by atoms with Gasteiger partial charge in [-0.15, -0.1) is 0 Å². The Labute approximate surface area is 108 Å². The molecule has 1 N–H and O–H groups in total. The summed E-state index contributed by atoms with van der Waals surface area (Å²) in [5.41, 5.74) is 0.960. The van der Waals surface area contributed by atoms with Gasteiger partial charge in [0, 0.05) is 24.2 Å². The fraction of sp³-hybridized carbons (Fsp3) is 0.533. The maximum atomic E-state index is 5.81. The van der Waals surface area contributed by atoms with Gasteiger partial charge in [-0.25, -0.2) is 0 Å². The first-order valence-corrected chi connectivity index (χ1v) is 6.95. The molecule has 0 aliphatic carbocycles. The van der Waals surface area contributed by atoms with Crippen molar-refractivity contribution < 1.29 is 4.42 Å². The van der Waals surface area contributed by atoms with Crippen molar-refractivity contribution in [3.63, 3.8) is 0 Å². The van der Waals surface area contributed by atoms with E-state index in [2.05, 4.69) is 16.4 Å². The lowest BCUT2D eigenvalue weighted by atomic mass is 9.92. The third kappa shape index (κ3) is 2.72. The molecule has 0 radical (unpaired) electrons. The number of nitrogens with one attached hydrogen (secondary N) is 1. The maximum absolute atomic E-state index is 5.81. The monoisotopic (exact) mass is 244 g/mol. The molecular formula is C15H20N2O. The van der Waals surface area contributed by atoms with Gasteiger partial charge in [-0.3, -0.25) is 4.98 Å². The lowest BCUT2D eigenvalue weighted by Gasteiger charge is -2.22. The Morgan fingerprint density at radius 2 is 2.22 bits per heavy atom. The highest BCUT2D eigenvalue weighted by Crippen LogP contribution is 2.22. The Morgan fingerprint density at radius 3 is 3.06 bits per heavy atom. The fourth-order valence-electron chi connectivity index (χ4n) is 2.80. The second kappa shape index (κ2) is 5.53. The zero-order chi connectivity index (χ0) is 12.2. The van der Waals surface area contributed by atoms with Gasteiger partial charge in [0.25, 0.3) is 0 Å². The zero-order valence-corrected chi connectivity index (χ0v) is 10.7. The molecule has 0 bridgehead atoms. The molecule has 0 amide bonds. The van der Waals surface area contributed by atoms with Crippen LogP contribution in [0.4, 0.5) is 0 Å². The van der Waals surface area contributed by atoms with Crippen molar-refractivity contribution in [1.29, 1.82) is 0 Å². The summed E-state index contributed by atoms with van der Waals surface area (Å²) in [6, 6.07) is 4.07. The summed E-state index contributed by atoms with van der Waals surface area (Å²) in [5.74, 6) is 2.02. The highest BCUT2D eigenvalue weighted by molar-refractivity contribution is 5.76. The molecule has 0 atom stereocenters. The van der Waals surface area contributed by atoms with Gasteiger partial charge in [0.1, 0.15) is 11.3 Å². The second-order valence-electron chi connectivity index (χ2n) is 5.21. The van der Waals surface area contributed by atoms with Crippen LogP contribution >= 0.6 is 0 Å². The van der Waals surface area contributed by atoms with Crippen LogP contribution < -0.4 is 5.32 Å². The minimum Gasteiger partial charge on any atom is -0.461 e. The van der Waals surface area contributed by atoms with Crippen LogP contribution in [-0.2, 0) is 6.42 Å². The Hall–Kier alpha value is -1.35. The number of aryl methyl sites for hydroxylation is 1. The van der Waals surface area contributed by atoms with Crippen molar-refractivity contribution in [2.75, 3.05) is 13.1 Å². The number of pyridine rings is 1. The van der Waals surface area contributed by atoms with Crippen molar-refractivity contribution in [2.24, 2.45) is 5.92 Å². The van der Waals surface area contributed by atoms with Crippen molar-refractivity contribution in [3.8, 4) is 0 Å². The molecule has 0 aromatic carbocycles. The van der Waals surface area contributed by atoms with E-state index in [0.717, 1.165) is 29.1 Å². The van der Waals surface area contributed by atoms with E-state index >= 15 is 0 Å². The average Bonchev–Trinajstić information content (AvgIpc) is 2.82. The number of hydrogen-bond donors (Lipinski definition) is 1. The van der Waals surface area contributed by atoms with Gasteiger partial charge in [0.15, 0.2) is 0 Å². The zero-order valence-electron chi connectivity index (χ0n) is 10.7. The normalized spacial score (nSPS) is 17.3. The van der Waals surface area contributed by atoms with Gasteiger partial charge >= 0.3 is 0 Å². The van der Waals surface area contributed by atoms with Gasteiger partial charge in [-0.05, 0) is 56.8 Å². The molecule has 0 spiro atoms. The van der Waals surface area contributed by atoms with E-state index < -0.39 is 0 Å². The average molecular weight is 244 g/mol. The van der Waals surface area contributed by atoms with Crippen LogP contribution in [-0.4, -0.2) is 18.1 Å². The van der Waals surface area contributed by atoms with Gasteiger partial charge in [-0.2, -0.15) is 0 Å². The van der Waals surface area contributed by atoms with E-state index in [-0.39, 0.29) is 0 Å². The number of furan rings is 1. The Morgan fingerprint density at radius 1 is 1.33 bits per heavy atom. The lowest BCUT2D eigenvalue weighted by Crippen LogP contribution is -2.27. The van der Waals surface area contributed by atoms with Crippen LogP contribution in [0.15, 0.2) is 28.9 Å². The van der Waals surface area contributed by atoms with Crippen LogP contribution in [0, 0.1) is 5.92 Å². The Balaban J connectivity index is 1.53. The molecule has 1 saturated heterocycles. The molecular weight excluding hydrogens is 224 g/mol. The minimum atomic E-state index is 0.914. The summed E-state index contributed by atoms with van der Waals surface area (Å²) in [6.45, 7) is 2.39. The number of piperidine rings is 1. The molecule has 3 heteroatoms. The van der Waals surface area contributed by atoms with E-state index in [0.29, 0.717) is 0 Å². The molecule has 18 heavy (non-hydrogen) atoms. The molecule has 0 saturated carbocycles. The van der Waals surface area contributed by atoms with Crippen LogP contribution in [0.3, 0.4) is 0 Å². The maximum Gasteiger partial charge on any atom is 0.137 e. The molecule has 1 aliphatic rings. The van der Waals surface area contributed by atoms with E-state index in [9.17, 15) is 0 Å². The van der Waals surface area contributed by atoms with Crippen LogP contribution in [0.5, 0.6) is 0 Å². The molecule has 1 fully saturated rings. The first kappa shape index (κ1) is 11.7. The smallest absolute Gasteiger partial charge is 0.137 e. The lowest BCUT2D eigenvalue weighted by molar-refractivity contribution is 0.344. The standard InChI is InChI=1S/C15H20N2O/c1(2-12-4-7-16-8-5-12)3-14-10-13-11-17-9-6-15(13)18-14/h6,9-12,16H,1-5,7-8H2. The number of fused-ring (bicyclic) bond motifs is 1.